The molecule has 26 heavy (non-hydrogen) atoms. The lowest BCUT2D eigenvalue weighted by molar-refractivity contribution is -0.642. The molecule has 1 heterocycles. The van der Waals surface area contributed by atoms with Crippen molar-refractivity contribution in [3.63, 3.8) is 0 Å². The van der Waals surface area contributed by atoms with Crippen LogP contribution in [0.1, 0.15) is 16.8 Å². The molecular formula is C18H18Cl3N3O2. The quantitative estimate of drug-likeness (QED) is 0.299. The number of H-pyrrole nitrogens is 1. The number of halogens is 3. The number of rotatable bonds is 7. The fourth-order valence-corrected chi connectivity index (χ4v) is 3.18. The lowest BCUT2D eigenvalue weighted by atomic mass is 10.1. The lowest BCUT2D eigenvalue weighted by Gasteiger charge is -2.06. The summed E-state index contributed by atoms with van der Waals surface area (Å²) >= 11 is 12.1. The molecule has 0 bridgehead atoms. The van der Waals surface area contributed by atoms with Gasteiger partial charge in [0.2, 0.25) is 0 Å². The van der Waals surface area contributed by atoms with Gasteiger partial charge in [-0.05, 0) is 30.3 Å². The van der Waals surface area contributed by atoms with E-state index in [0.717, 1.165) is 11.0 Å². The first-order chi connectivity index (χ1) is 12.1. The SMILES string of the molecule is O=C(C[n+]1c(NCCCO)[nH]c2ccccc21)c1ccc(Cl)cc1Cl.[Cl-]. The molecule has 0 amide bonds. The predicted molar refractivity (Wildman–Crippen MR) is 99.5 cm³/mol. The molecule has 3 aromatic rings. The Morgan fingerprint density at radius 1 is 1.19 bits per heavy atom. The number of carbonyl (C=O) groups is 1. The Balaban J connectivity index is 0.00000243. The van der Waals surface area contributed by atoms with Crippen LogP contribution in [0, 0.1) is 0 Å². The molecule has 1 aromatic heterocycles. The van der Waals surface area contributed by atoms with E-state index in [9.17, 15) is 4.79 Å². The van der Waals surface area contributed by atoms with Crippen LogP contribution in [0.2, 0.25) is 10.0 Å². The van der Waals surface area contributed by atoms with Crippen molar-refractivity contribution in [3.8, 4) is 0 Å². The number of aliphatic hydroxyl groups excluding tert-OH is 1. The summed E-state index contributed by atoms with van der Waals surface area (Å²) in [6.45, 7) is 0.832. The Morgan fingerprint density at radius 2 is 1.96 bits per heavy atom. The number of para-hydroxylation sites is 2. The van der Waals surface area contributed by atoms with E-state index >= 15 is 0 Å². The number of fused-ring (bicyclic) bond motifs is 1. The molecule has 8 heteroatoms. The molecule has 0 radical (unpaired) electrons. The molecule has 0 aliphatic rings. The van der Waals surface area contributed by atoms with Crippen LogP contribution >= 0.6 is 23.2 Å². The predicted octanol–water partition coefficient (Wildman–Crippen LogP) is 0.443. The summed E-state index contributed by atoms with van der Waals surface area (Å²) in [6.07, 6.45) is 0.617. The van der Waals surface area contributed by atoms with Crippen molar-refractivity contribution in [2.75, 3.05) is 18.5 Å². The van der Waals surface area contributed by atoms with Crippen molar-refractivity contribution < 1.29 is 26.9 Å². The topological polar surface area (TPSA) is 69.0 Å². The van der Waals surface area contributed by atoms with Gasteiger partial charge in [0.05, 0.1) is 11.6 Å². The average molecular weight is 415 g/mol. The second-order valence-corrected chi connectivity index (χ2v) is 6.47. The molecule has 5 nitrogen and oxygen atoms in total. The van der Waals surface area contributed by atoms with E-state index in [4.69, 9.17) is 28.3 Å². The number of carbonyl (C=O) groups excluding carboxylic acids is 1. The number of Topliss-reactive ketones (excluding diaryl/α,β-unsaturated/α-hetero) is 1. The van der Waals surface area contributed by atoms with Gasteiger partial charge in [0.15, 0.2) is 5.78 Å². The van der Waals surface area contributed by atoms with E-state index < -0.39 is 0 Å². The number of imidazole rings is 1. The summed E-state index contributed by atoms with van der Waals surface area (Å²) in [7, 11) is 0. The van der Waals surface area contributed by atoms with Crippen LogP contribution in [0.3, 0.4) is 0 Å². The summed E-state index contributed by atoms with van der Waals surface area (Å²) in [5.41, 5.74) is 2.27. The molecule has 0 saturated heterocycles. The van der Waals surface area contributed by atoms with Crippen LogP contribution < -0.4 is 22.3 Å². The van der Waals surface area contributed by atoms with E-state index in [0.29, 0.717) is 34.5 Å². The van der Waals surface area contributed by atoms with Gasteiger partial charge in [-0.3, -0.25) is 10.1 Å². The molecule has 0 aliphatic carbocycles. The van der Waals surface area contributed by atoms with Gasteiger partial charge < -0.3 is 17.5 Å². The Hall–Kier alpha value is -1.79. The molecule has 0 atom stereocenters. The lowest BCUT2D eigenvalue weighted by Crippen LogP contribution is -3.00. The van der Waals surface area contributed by atoms with Gasteiger partial charge in [-0.15, -0.1) is 0 Å². The van der Waals surface area contributed by atoms with Gasteiger partial charge in [0, 0.05) is 23.6 Å². The summed E-state index contributed by atoms with van der Waals surface area (Å²) in [4.78, 5) is 16.0. The van der Waals surface area contributed by atoms with Gasteiger partial charge in [0.1, 0.15) is 17.6 Å². The minimum Gasteiger partial charge on any atom is -1.00 e. The zero-order chi connectivity index (χ0) is 17.8. The summed E-state index contributed by atoms with van der Waals surface area (Å²) in [6, 6.07) is 12.6. The largest absolute Gasteiger partial charge is 1.00 e. The maximum Gasteiger partial charge on any atom is 0.356 e. The summed E-state index contributed by atoms with van der Waals surface area (Å²) in [5.74, 6) is 0.606. The van der Waals surface area contributed by atoms with E-state index in [2.05, 4.69) is 10.3 Å². The Labute approximate surface area is 167 Å². The van der Waals surface area contributed by atoms with Crippen LogP contribution in [0.15, 0.2) is 42.5 Å². The zero-order valence-electron chi connectivity index (χ0n) is 13.8. The van der Waals surface area contributed by atoms with Gasteiger partial charge >= 0.3 is 5.95 Å². The molecule has 0 unspecified atom stereocenters. The molecule has 138 valence electrons. The van der Waals surface area contributed by atoms with Crippen LogP contribution in [0.5, 0.6) is 0 Å². The van der Waals surface area contributed by atoms with Crippen molar-refractivity contribution in [1.29, 1.82) is 0 Å². The molecule has 0 spiro atoms. The highest BCUT2D eigenvalue weighted by molar-refractivity contribution is 6.36. The first-order valence-electron chi connectivity index (χ1n) is 7.93. The van der Waals surface area contributed by atoms with Crippen LogP contribution in [-0.2, 0) is 6.54 Å². The fraction of sp³-hybridized carbons (Fsp3) is 0.222. The highest BCUT2D eigenvalue weighted by Crippen LogP contribution is 2.22. The third-order valence-electron chi connectivity index (χ3n) is 3.88. The molecule has 0 saturated carbocycles. The minimum absolute atomic E-state index is 0. The van der Waals surface area contributed by atoms with Crippen molar-refractivity contribution in [3.05, 3.63) is 58.1 Å². The maximum absolute atomic E-state index is 12.7. The third kappa shape index (κ3) is 4.48. The first-order valence-corrected chi connectivity index (χ1v) is 8.69. The Kier molecular flexibility index (Phi) is 7.29. The number of hydrogen-bond acceptors (Lipinski definition) is 3. The number of ketones is 1. The number of benzene rings is 2. The minimum atomic E-state index is -0.110. The molecule has 3 N–H and O–H groups in total. The monoisotopic (exact) mass is 413 g/mol. The number of anilines is 1. The van der Waals surface area contributed by atoms with Crippen LogP contribution in [-0.4, -0.2) is 29.0 Å². The Bertz CT molecular complexity index is 912. The standard InChI is InChI=1S/C18H17Cl2N3O2.ClH/c19-12-6-7-13(14(20)10-12)17(25)11-23-16-5-2-1-4-15(16)22-18(23)21-8-3-9-24;/h1-2,4-7,10,24H,3,8-9,11H2,(H,21,22);1H. The van der Waals surface area contributed by atoms with Gasteiger partial charge in [-0.2, -0.15) is 0 Å². The third-order valence-corrected chi connectivity index (χ3v) is 4.43. The van der Waals surface area contributed by atoms with Crippen molar-refractivity contribution >= 4 is 46.0 Å². The number of hydrogen-bond donors (Lipinski definition) is 3. The highest BCUT2D eigenvalue weighted by atomic mass is 35.5. The van der Waals surface area contributed by atoms with Gasteiger partial charge in [-0.1, -0.05) is 35.3 Å². The molecule has 3 rings (SSSR count). The van der Waals surface area contributed by atoms with Crippen molar-refractivity contribution in [2.45, 2.75) is 13.0 Å². The second kappa shape index (κ2) is 9.24. The number of nitrogens with one attached hydrogen (secondary N) is 2. The van der Waals surface area contributed by atoms with Crippen LogP contribution in [0.4, 0.5) is 5.95 Å². The molecular weight excluding hydrogens is 397 g/mol. The van der Waals surface area contributed by atoms with E-state index in [1.165, 1.54) is 0 Å². The first kappa shape index (κ1) is 20.5. The van der Waals surface area contributed by atoms with E-state index in [1.54, 1.807) is 18.2 Å². The summed E-state index contributed by atoms with van der Waals surface area (Å²) in [5, 5.41) is 13.0. The molecule has 0 fully saturated rings. The molecule has 2 aromatic carbocycles. The number of aromatic nitrogens is 2. The van der Waals surface area contributed by atoms with Crippen molar-refractivity contribution in [1.82, 2.24) is 4.98 Å². The summed E-state index contributed by atoms with van der Waals surface area (Å²) < 4.78 is 1.87. The smallest absolute Gasteiger partial charge is 0.356 e. The van der Waals surface area contributed by atoms with E-state index in [-0.39, 0.29) is 31.3 Å². The van der Waals surface area contributed by atoms with E-state index in [1.807, 2.05) is 28.8 Å². The zero-order valence-corrected chi connectivity index (χ0v) is 16.1. The Morgan fingerprint density at radius 3 is 2.69 bits per heavy atom. The number of aromatic amines is 1. The van der Waals surface area contributed by atoms with Gasteiger partial charge in [-0.25, -0.2) is 9.55 Å². The molecule has 0 aliphatic heterocycles. The second-order valence-electron chi connectivity index (χ2n) is 5.63. The number of nitrogens with zero attached hydrogens (tertiary/aromatic N) is 1. The number of aliphatic hydroxyl groups is 1. The van der Waals surface area contributed by atoms with Gasteiger partial charge in [0.25, 0.3) is 0 Å². The average Bonchev–Trinajstić information content (AvgIpc) is 2.93. The normalized spacial score (nSPS) is 10.6. The maximum atomic E-state index is 12.7. The highest BCUT2D eigenvalue weighted by Gasteiger charge is 2.21. The van der Waals surface area contributed by atoms with Crippen LogP contribution in [0.25, 0.3) is 11.0 Å². The fourth-order valence-electron chi connectivity index (χ4n) is 2.66. The van der Waals surface area contributed by atoms with Crippen molar-refractivity contribution in [2.24, 2.45) is 0 Å².